The maximum Gasteiger partial charge on any atom is 0.271 e. The molecule has 2 atom stereocenters. The first-order valence-corrected chi connectivity index (χ1v) is 11.0. The van der Waals surface area contributed by atoms with Crippen molar-refractivity contribution < 1.29 is 8.78 Å². The van der Waals surface area contributed by atoms with Crippen LogP contribution in [0.4, 0.5) is 14.7 Å². The Hall–Kier alpha value is -2.26. The van der Waals surface area contributed by atoms with E-state index in [0.717, 1.165) is 44.1 Å². The van der Waals surface area contributed by atoms with Gasteiger partial charge in [0.15, 0.2) is 11.3 Å². The Morgan fingerprint density at radius 3 is 2.87 bits per heavy atom. The molecule has 2 aromatic heterocycles. The second kappa shape index (κ2) is 8.47. The molecule has 6 nitrogen and oxygen atoms in total. The van der Waals surface area contributed by atoms with E-state index in [9.17, 15) is 8.78 Å². The highest BCUT2D eigenvalue weighted by molar-refractivity contribution is 8.03. The lowest BCUT2D eigenvalue weighted by molar-refractivity contribution is 0.0675. The number of allylic oxidation sites excluding steroid dienone is 4. The summed E-state index contributed by atoms with van der Waals surface area (Å²) in [7, 11) is 0. The molecule has 0 aliphatic carbocycles. The van der Waals surface area contributed by atoms with Crippen molar-refractivity contribution in [3.8, 4) is 0 Å². The van der Waals surface area contributed by atoms with E-state index in [0.29, 0.717) is 33.3 Å². The van der Waals surface area contributed by atoms with Crippen LogP contribution in [-0.4, -0.2) is 51.0 Å². The van der Waals surface area contributed by atoms with Crippen molar-refractivity contribution in [2.24, 2.45) is 0 Å². The summed E-state index contributed by atoms with van der Waals surface area (Å²) in [5.41, 5.74) is 0.830. The zero-order valence-corrected chi connectivity index (χ0v) is 18.0. The fraction of sp³-hybridized carbons (Fsp3) is 0.476. The van der Waals surface area contributed by atoms with Crippen LogP contribution in [0.25, 0.3) is 11.3 Å². The number of aromatic nitrogens is 4. The standard InChI is InChI=1S/C21H26F2N6S/c1-4-5-6-16(13(2)21(3,22)23)30-17-11-24-18-19(26-17)28-20(27-18)29-10-9-14-7-8-15(12-29)25-14/h4-6,11,14-15,25H,2,7-10,12H2,1,3H3,(H,24,26,27,28)/b5-4-,16-6+. The minimum atomic E-state index is -3.01. The Balaban J connectivity index is 1.56. The van der Waals surface area contributed by atoms with Crippen LogP contribution in [0, 0.1) is 0 Å². The number of nitrogens with zero attached hydrogens (tertiary/aromatic N) is 4. The molecule has 2 bridgehead atoms. The van der Waals surface area contributed by atoms with Crippen LogP contribution in [0.5, 0.6) is 0 Å². The summed E-state index contributed by atoms with van der Waals surface area (Å²) in [5.74, 6) is -2.25. The number of fused-ring (bicyclic) bond motifs is 3. The predicted octanol–water partition coefficient (Wildman–Crippen LogP) is 4.45. The van der Waals surface area contributed by atoms with Gasteiger partial charge in [-0.05, 0) is 32.3 Å². The SMILES string of the molecule is C=C(/C(=C\C=C/C)Sc1cnc2nc(N3CCC4CCC(C3)N4)[nH]c2n1)C(C)(F)F. The molecule has 0 radical (unpaired) electrons. The number of halogens is 2. The van der Waals surface area contributed by atoms with Gasteiger partial charge in [-0.1, -0.05) is 30.5 Å². The fourth-order valence-electron chi connectivity index (χ4n) is 3.81. The molecule has 30 heavy (non-hydrogen) atoms. The number of aromatic amines is 1. The lowest BCUT2D eigenvalue weighted by Gasteiger charge is -2.23. The lowest BCUT2D eigenvalue weighted by Crippen LogP contribution is -2.35. The van der Waals surface area contributed by atoms with Crippen molar-refractivity contribution in [3.05, 3.63) is 41.5 Å². The third kappa shape index (κ3) is 4.57. The zero-order valence-electron chi connectivity index (χ0n) is 17.2. The van der Waals surface area contributed by atoms with Gasteiger partial charge in [0.05, 0.1) is 6.20 Å². The zero-order chi connectivity index (χ0) is 21.3. The Bertz CT molecular complexity index is 993. The van der Waals surface area contributed by atoms with Crippen LogP contribution in [-0.2, 0) is 0 Å². The summed E-state index contributed by atoms with van der Waals surface area (Å²) in [5, 5.41) is 4.17. The first-order valence-electron chi connectivity index (χ1n) is 10.2. The molecule has 4 rings (SSSR count). The summed E-state index contributed by atoms with van der Waals surface area (Å²) < 4.78 is 27.6. The number of H-pyrrole nitrogens is 1. The number of nitrogens with one attached hydrogen (secondary N) is 2. The van der Waals surface area contributed by atoms with E-state index in [1.807, 2.05) is 6.92 Å². The second-order valence-electron chi connectivity index (χ2n) is 7.84. The van der Waals surface area contributed by atoms with E-state index < -0.39 is 5.92 Å². The van der Waals surface area contributed by atoms with Gasteiger partial charge < -0.3 is 15.2 Å². The van der Waals surface area contributed by atoms with Gasteiger partial charge in [0.1, 0.15) is 5.03 Å². The van der Waals surface area contributed by atoms with E-state index in [1.54, 1.807) is 24.4 Å². The molecule has 2 unspecified atom stereocenters. The van der Waals surface area contributed by atoms with Crippen molar-refractivity contribution in [3.63, 3.8) is 0 Å². The number of alkyl halides is 2. The molecule has 2 saturated heterocycles. The number of thioether (sulfide) groups is 1. The molecule has 2 aliphatic rings. The first-order chi connectivity index (χ1) is 14.3. The van der Waals surface area contributed by atoms with Crippen LogP contribution >= 0.6 is 11.8 Å². The van der Waals surface area contributed by atoms with Crippen molar-refractivity contribution in [1.82, 2.24) is 25.3 Å². The number of anilines is 1. The highest BCUT2D eigenvalue weighted by Crippen LogP contribution is 2.37. The van der Waals surface area contributed by atoms with Crippen molar-refractivity contribution in [1.29, 1.82) is 0 Å². The highest BCUT2D eigenvalue weighted by Gasteiger charge is 2.31. The molecule has 9 heteroatoms. The summed E-state index contributed by atoms with van der Waals surface area (Å²) in [4.78, 5) is 19.4. The number of hydrogen-bond acceptors (Lipinski definition) is 6. The van der Waals surface area contributed by atoms with Gasteiger partial charge in [0.2, 0.25) is 5.95 Å². The average molecular weight is 433 g/mol. The molecule has 0 aromatic carbocycles. The molecule has 0 saturated carbocycles. The molecule has 0 spiro atoms. The van der Waals surface area contributed by atoms with Crippen LogP contribution in [0.15, 0.2) is 46.5 Å². The predicted molar refractivity (Wildman–Crippen MR) is 117 cm³/mol. The number of rotatable bonds is 6. The maximum absolute atomic E-state index is 13.8. The lowest BCUT2D eigenvalue weighted by atomic mass is 10.1. The topological polar surface area (TPSA) is 69.7 Å². The van der Waals surface area contributed by atoms with Crippen molar-refractivity contribution >= 4 is 29.0 Å². The Morgan fingerprint density at radius 1 is 1.30 bits per heavy atom. The van der Waals surface area contributed by atoms with Gasteiger partial charge in [0.25, 0.3) is 5.92 Å². The summed E-state index contributed by atoms with van der Waals surface area (Å²) in [6, 6.07) is 1.08. The van der Waals surface area contributed by atoms with Crippen LogP contribution in [0.1, 0.15) is 33.1 Å². The van der Waals surface area contributed by atoms with E-state index in [2.05, 4.69) is 36.7 Å². The highest BCUT2D eigenvalue weighted by atomic mass is 32.2. The Kier molecular flexibility index (Phi) is 5.92. The van der Waals surface area contributed by atoms with Gasteiger partial charge in [-0.25, -0.2) is 18.7 Å². The van der Waals surface area contributed by atoms with Crippen molar-refractivity contribution in [2.75, 3.05) is 18.0 Å². The molecule has 2 N–H and O–H groups in total. The number of imidazole rings is 1. The van der Waals surface area contributed by atoms with Crippen molar-refractivity contribution in [2.45, 2.75) is 56.1 Å². The van der Waals surface area contributed by atoms with E-state index in [4.69, 9.17) is 0 Å². The molecule has 2 aliphatic heterocycles. The third-order valence-corrected chi connectivity index (χ3v) is 6.49. The number of hydrogen-bond donors (Lipinski definition) is 2. The molecule has 0 amide bonds. The minimum absolute atomic E-state index is 0.245. The normalized spacial score (nSPS) is 22.8. The van der Waals surface area contributed by atoms with Gasteiger partial charge in [-0.2, -0.15) is 4.98 Å². The van der Waals surface area contributed by atoms with Crippen LogP contribution in [0.2, 0.25) is 0 Å². The molecule has 2 aromatic rings. The van der Waals surface area contributed by atoms with E-state index >= 15 is 0 Å². The Labute approximate surface area is 179 Å². The average Bonchev–Trinajstić information content (AvgIpc) is 3.26. The Morgan fingerprint density at radius 2 is 2.10 bits per heavy atom. The largest absolute Gasteiger partial charge is 0.341 e. The second-order valence-corrected chi connectivity index (χ2v) is 8.90. The maximum atomic E-state index is 13.8. The molecular formula is C21H26F2N6S. The molecular weight excluding hydrogens is 406 g/mol. The quantitative estimate of drug-likeness (QED) is 0.519. The van der Waals surface area contributed by atoms with E-state index in [1.165, 1.54) is 12.8 Å². The minimum Gasteiger partial charge on any atom is -0.341 e. The third-order valence-electron chi connectivity index (χ3n) is 5.48. The summed E-state index contributed by atoms with van der Waals surface area (Å²) >= 11 is 1.12. The fourth-order valence-corrected chi connectivity index (χ4v) is 4.73. The van der Waals surface area contributed by atoms with Crippen LogP contribution in [0.3, 0.4) is 0 Å². The van der Waals surface area contributed by atoms with Gasteiger partial charge in [0, 0.05) is 42.6 Å². The first kappa shape index (κ1) is 21.0. The monoisotopic (exact) mass is 432 g/mol. The van der Waals surface area contributed by atoms with E-state index in [-0.39, 0.29) is 5.57 Å². The van der Waals surface area contributed by atoms with Gasteiger partial charge in [-0.3, -0.25) is 0 Å². The van der Waals surface area contributed by atoms with Gasteiger partial charge in [-0.15, -0.1) is 0 Å². The summed E-state index contributed by atoms with van der Waals surface area (Å²) in [6.45, 7) is 8.08. The molecule has 2 fully saturated rings. The molecule has 4 heterocycles. The smallest absolute Gasteiger partial charge is 0.271 e. The molecule has 160 valence electrons. The van der Waals surface area contributed by atoms with Crippen LogP contribution < -0.4 is 10.2 Å². The summed E-state index contributed by atoms with van der Waals surface area (Å²) in [6.07, 6.45) is 10.2. The van der Waals surface area contributed by atoms with Gasteiger partial charge >= 0.3 is 0 Å².